The zero-order chi connectivity index (χ0) is 17.1. The van der Waals surface area contributed by atoms with Crippen molar-refractivity contribution in [3.05, 3.63) is 65.7 Å². The molecule has 1 N–H and O–H groups in total. The molecule has 1 aliphatic heterocycles. The number of rotatable bonds is 4. The Bertz CT molecular complexity index is 762. The number of carbonyl (C=O) groups excluding carboxylic acids is 2. The van der Waals surface area contributed by atoms with Gasteiger partial charge in [-0.2, -0.15) is 0 Å². The molecule has 0 unspecified atom stereocenters. The van der Waals surface area contributed by atoms with E-state index in [0.29, 0.717) is 0 Å². The van der Waals surface area contributed by atoms with E-state index in [1.807, 2.05) is 0 Å². The van der Waals surface area contributed by atoms with Crippen LogP contribution in [0.2, 0.25) is 0 Å². The third-order valence-corrected chi connectivity index (χ3v) is 4.02. The average Bonchev–Trinajstić information content (AvgIpc) is 2.96. The van der Waals surface area contributed by atoms with Crippen LogP contribution in [0.4, 0.5) is 14.5 Å². The van der Waals surface area contributed by atoms with Gasteiger partial charge < -0.3 is 10.2 Å². The highest BCUT2D eigenvalue weighted by Crippen LogP contribution is 2.27. The lowest BCUT2D eigenvalue weighted by atomic mass is 10.1. The fraction of sp³-hybridized carbons (Fsp3) is 0.222. The van der Waals surface area contributed by atoms with E-state index in [4.69, 9.17) is 0 Å². The molecule has 124 valence electrons. The number of anilines is 1. The van der Waals surface area contributed by atoms with Gasteiger partial charge in [-0.05, 0) is 29.8 Å². The maximum atomic E-state index is 13.8. The molecule has 6 heteroatoms. The summed E-state index contributed by atoms with van der Waals surface area (Å²) < 4.78 is 26.7. The van der Waals surface area contributed by atoms with Gasteiger partial charge in [0.2, 0.25) is 11.8 Å². The van der Waals surface area contributed by atoms with Crippen molar-refractivity contribution in [1.82, 2.24) is 5.32 Å². The molecule has 0 spiro atoms. The third-order valence-electron chi connectivity index (χ3n) is 4.02. The molecule has 1 fully saturated rings. The lowest BCUT2D eigenvalue weighted by Gasteiger charge is -2.17. The van der Waals surface area contributed by atoms with Crippen molar-refractivity contribution in [2.45, 2.75) is 13.0 Å². The quantitative estimate of drug-likeness (QED) is 0.937. The molecule has 2 aromatic rings. The summed E-state index contributed by atoms with van der Waals surface area (Å²) in [4.78, 5) is 25.6. The summed E-state index contributed by atoms with van der Waals surface area (Å²) in [5, 5.41) is 2.73. The van der Waals surface area contributed by atoms with Crippen molar-refractivity contribution in [2.75, 3.05) is 11.4 Å². The summed E-state index contributed by atoms with van der Waals surface area (Å²) in [7, 11) is 0. The van der Waals surface area contributed by atoms with E-state index in [-0.39, 0.29) is 42.8 Å². The second-order valence-electron chi connectivity index (χ2n) is 5.70. The van der Waals surface area contributed by atoms with Crippen LogP contribution in [0.5, 0.6) is 0 Å². The summed E-state index contributed by atoms with van der Waals surface area (Å²) in [6.07, 6.45) is 0.0452. The minimum absolute atomic E-state index is 0.0452. The number of para-hydroxylation sites is 1. The molecule has 2 amide bonds. The Labute approximate surface area is 138 Å². The van der Waals surface area contributed by atoms with Gasteiger partial charge in [0.05, 0.1) is 11.6 Å². The highest BCUT2D eigenvalue weighted by molar-refractivity contribution is 6.00. The smallest absolute Gasteiger partial charge is 0.227 e. The fourth-order valence-corrected chi connectivity index (χ4v) is 2.72. The standard InChI is InChI=1S/C18H16F2N2O2/c19-14-7-5-12(6-8-14)10-21-18(24)13-9-17(23)22(11-13)16-4-2-1-3-15(16)20/h1-8,13H,9-11H2,(H,21,24)/t13-/m1/s1. The third kappa shape index (κ3) is 3.42. The molecule has 3 rings (SSSR count). The number of halogens is 2. The van der Waals surface area contributed by atoms with E-state index in [1.54, 1.807) is 24.3 Å². The predicted octanol–water partition coefficient (Wildman–Crippen LogP) is 2.63. The van der Waals surface area contributed by atoms with Gasteiger partial charge in [0.15, 0.2) is 0 Å². The van der Waals surface area contributed by atoms with Crippen LogP contribution in [-0.2, 0) is 16.1 Å². The lowest BCUT2D eigenvalue weighted by molar-refractivity contribution is -0.126. The van der Waals surface area contributed by atoms with Gasteiger partial charge in [-0.15, -0.1) is 0 Å². The molecule has 2 aromatic carbocycles. The molecule has 0 saturated carbocycles. The van der Waals surface area contributed by atoms with Crippen LogP contribution in [0.3, 0.4) is 0 Å². The number of hydrogen-bond donors (Lipinski definition) is 1. The van der Waals surface area contributed by atoms with Crippen molar-refractivity contribution >= 4 is 17.5 Å². The molecular formula is C18H16F2N2O2. The molecule has 24 heavy (non-hydrogen) atoms. The molecule has 4 nitrogen and oxygen atoms in total. The summed E-state index contributed by atoms with van der Waals surface area (Å²) in [5.41, 5.74) is 0.955. The Morgan fingerprint density at radius 3 is 2.54 bits per heavy atom. The van der Waals surface area contributed by atoms with Gasteiger partial charge in [-0.25, -0.2) is 8.78 Å². The molecule has 0 radical (unpaired) electrons. The first-order valence-corrected chi connectivity index (χ1v) is 7.61. The van der Waals surface area contributed by atoms with Gasteiger partial charge in [0, 0.05) is 19.5 Å². The molecule has 0 aliphatic carbocycles. The molecule has 1 saturated heterocycles. The van der Waals surface area contributed by atoms with Gasteiger partial charge in [-0.1, -0.05) is 24.3 Å². The number of nitrogens with zero attached hydrogens (tertiary/aromatic N) is 1. The molecule has 1 atom stereocenters. The number of hydrogen-bond acceptors (Lipinski definition) is 2. The van der Waals surface area contributed by atoms with E-state index >= 15 is 0 Å². The van der Waals surface area contributed by atoms with Crippen molar-refractivity contribution in [2.24, 2.45) is 5.92 Å². The van der Waals surface area contributed by atoms with Crippen LogP contribution in [0.25, 0.3) is 0 Å². The number of nitrogens with one attached hydrogen (secondary N) is 1. The van der Waals surface area contributed by atoms with Gasteiger partial charge in [0.1, 0.15) is 11.6 Å². The molecule has 1 heterocycles. The van der Waals surface area contributed by atoms with Gasteiger partial charge in [0.25, 0.3) is 0 Å². The largest absolute Gasteiger partial charge is 0.352 e. The summed E-state index contributed by atoms with van der Waals surface area (Å²) in [5.74, 6) is -1.91. The number of benzene rings is 2. The molecule has 0 bridgehead atoms. The fourth-order valence-electron chi connectivity index (χ4n) is 2.72. The number of amides is 2. The average molecular weight is 330 g/mol. The Hall–Kier alpha value is -2.76. The van der Waals surface area contributed by atoms with E-state index in [9.17, 15) is 18.4 Å². The van der Waals surface area contributed by atoms with E-state index in [1.165, 1.54) is 29.2 Å². The zero-order valence-electron chi connectivity index (χ0n) is 12.8. The Morgan fingerprint density at radius 2 is 1.83 bits per heavy atom. The van der Waals surface area contributed by atoms with Crippen LogP contribution in [0.1, 0.15) is 12.0 Å². The summed E-state index contributed by atoms with van der Waals surface area (Å²) in [6.45, 7) is 0.401. The van der Waals surface area contributed by atoms with E-state index in [2.05, 4.69) is 5.32 Å². The zero-order valence-corrected chi connectivity index (χ0v) is 12.8. The second-order valence-corrected chi connectivity index (χ2v) is 5.70. The first kappa shape index (κ1) is 16.1. The molecule has 1 aliphatic rings. The first-order chi connectivity index (χ1) is 11.5. The lowest BCUT2D eigenvalue weighted by Crippen LogP contribution is -2.32. The first-order valence-electron chi connectivity index (χ1n) is 7.61. The topological polar surface area (TPSA) is 49.4 Å². The van der Waals surface area contributed by atoms with Crippen LogP contribution >= 0.6 is 0 Å². The minimum atomic E-state index is -0.530. The van der Waals surface area contributed by atoms with Gasteiger partial charge >= 0.3 is 0 Å². The normalized spacial score (nSPS) is 17.2. The minimum Gasteiger partial charge on any atom is -0.352 e. The Balaban J connectivity index is 1.62. The Kier molecular flexibility index (Phi) is 4.55. The second kappa shape index (κ2) is 6.78. The Morgan fingerprint density at radius 1 is 1.12 bits per heavy atom. The maximum Gasteiger partial charge on any atom is 0.227 e. The van der Waals surface area contributed by atoms with Gasteiger partial charge in [-0.3, -0.25) is 9.59 Å². The van der Waals surface area contributed by atoms with Crippen LogP contribution in [0, 0.1) is 17.6 Å². The monoisotopic (exact) mass is 330 g/mol. The van der Waals surface area contributed by atoms with E-state index < -0.39 is 11.7 Å². The van der Waals surface area contributed by atoms with Crippen LogP contribution in [-0.4, -0.2) is 18.4 Å². The predicted molar refractivity (Wildman–Crippen MR) is 85.1 cm³/mol. The van der Waals surface area contributed by atoms with Crippen molar-refractivity contribution < 1.29 is 18.4 Å². The molecule has 0 aromatic heterocycles. The summed E-state index contributed by atoms with van der Waals surface area (Å²) in [6, 6.07) is 11.8. The summed E-state index contributed by atoms with van der Waals surface area (Å²) >= 11 is 0. The van der Waals surface area contributed by atoms with Crippen LogP contribution in [0.15, 0.2) is 48.5 Å². The highest BCUT2D eigenvalue weighted by atomic mass is 19.1. The van der Waals surface area contributed by atoms with Crippen LogP contribution < -0.4 is 10.2 Å². The SMILES string of the molecule is O=C(NCc1ccc(F)cc1)[C@@H]1CC(=O)N(c2ccccc2F)C1. The maximum absolute atomic E-state index is 13.8. The van der Waals surface area contributed by atoms with Crippen molar-refractivity contribution in [1.29, 1.82) is 0 Å². The van der Waals surface area contributed by atoms with Crippen molar-refractivity contribution in [3.63, 3.8) is 0 Å². The molecular weight excluding hydrogens is 314 g/mol. The van der Waals surface area contributed by atoms with E-state index in [0.717, 1.165) is 5.56 Å². The van der Waals surface area contributed by atoms with Crippen molar-refractivity contribution in [3.8, 4) is 0 Å². The highest BCUT2D eigenvalue weighted by Gasteiger charge is 2.35. The number of carbonyl (C=O) groups is 2.